The summed E-state index contributed by atoms with van der Waals surface area (Å²) in [6.45, 7) is 1.89. The molecule has 0 aliphatic rings. The summed E-state index contributed by atoms with van der Waals surface area (Å²) in [6.07, 6.45) is -0.223. The maximum absolute atomic E-state index is 11.2. The first-order chi connectivity index (χ1) is 8.75. The zero-order chi connectivity index (χ0) is 14.6. The van der Waals surface area contributed by atoms with Gasteiger partial charge in [0.1, 0.15) is 17.9 Å². The number of sulfonamides is 1. The Labute approximate surface area is 111 Å². The molecule has 19 heavy (non-hydrogen) atoms. The van der Waals surface area contributed by atoms with Gasteiger partial charge in [0.25, 0.3) is 0 Å². The highest BCUT2D eigenvalue weighted by Gasteiger charge is 2.17. The third kappa shape index (κ3) is 4.19. The number of methoxy groups -OCH3 is 1. The molecule has 106 valence electrons. The van der Waals surface area contributed by atoms with Gasteiger partial charge in [0.05, 0.1) is 11.0 Å². The first-order valence-corrected chi connectivity index (χ1v) is 6.86. The van der Waals surface area contributed by atoms with Crippen LogP contribution >= 0.6 is 0 Å². The van der Waals surface area contributed by atoms with Crippen LogP contribution in [0.2, 0.25) is 0 Å². The first-order valence-electron chi connectivity index (χ1n) is 5.31. The molecule has 0 amide bonds. The maximum Gasteiger partial charge on any atom is 0.339 e. The minimum Gasteiger partial charge on any atom is -0.490 e. The molecule has 0 bridgehead atoms. The predicted molar refractivity (Wildman–Crippen MR) is 66.7 cm³/mol. The van der Waals surface area contributed by atoms with E-state index in [1.807, 2.05) is 0 Å². The third-order valence-electron chi connectivity index (χ3n) is 2.39. The average molecular weight is 289 g/mol. The summed E-state index contributed by atoms with van der Waals surface area (Å²) in [5.41, 5.74) is -0.269. The topological polar surface area (TPSA) is 116 Å². The Balaban J connectivity index is 3.09. The predicted octanol–water partition coefficient (Wildman–Crippen LogP) is 0.446. The Bertz CT molecular complexity index is 569. The zero-order valence-corrected chi connectivity index (χ0v) is 11.3. The van der Waals surface area contributed by atoms with Gasteiger partial charge in [-0.15, -0.1) is 0 Å². The Kier molecular flexibility index (Phi) is 4.87. The lowest BCUT2D eigenvalue weighted by molar-refractivity contribution is 0.0645. The van der Waals surface area contributed by atoms with Gasteiger partial charge in [-0.1, -0.05) is 0 Å². The summed E-state index contributed by atoms with van der Waals surface area (Å²) in [7, 11) is -2.46. The van der Waals surface area contributed by atoms with E-state index in [1.54, 1.807) is 6.92 Å². The highest BCUT2D eigenvalue weighted by atomic mass is 32.2. The van der Waals surface area contributed by atoms with E-state index in [0.29, 0.717) is 0 Å². The van der Waals surface area contributed by atoms with Crippen LogP contribution in [0.1, 0.15) is 17.3 Å². The molecule has 7 nitrogen and oxygen atoms in total. The molecule has 0 aliphatic carbocycles. The molecular weight excluding hydrogens is 274 g/mol. The Hall–Kier alpha value is -1.64. The van der Waals surface area contributed by atoms with E-state index >= 15 is 0 Å². The highest BCUT2D eigenvalue weighted by Crippen LogP contribution is 2.22. The average Bonchev–Trinajstić information content (AvgIpc) is 2.34. The number of rotatable bonds is 6. The van der Waals surface area contributed by atoms with Crippen LogP contribution in [0.25, 0.3) is 0 Å². The van der Waals surface area contributed by atoms with Crippen LogP contribution in [0.15, 0.2) is 23.1 Å². The smallest absolute Gasteiger partial charge is 0.339 e. The van der Waals surface area contributed by atoms with Crippen molar-refractivity contribution in [1.29, 1.82) is 0 Å². The molecule has 1 aromatic carbocycles. The van der Waals surface area contributed by atoms with Gasteiger partial charge in [-0.05, 0) is 25.1 Å². The van der Waals surface area contributed by atoms with Crippen LogP contribution in [0.3, 0.4) is 0 Å². The highest BCUT2D eigenvalue weighted by molar-refractivity contribution is 7.89. The minimum atomic E-state index is -3.96. The van der Waals surface area contributed by atoms with E-state index in [2.05, 4.69) is 0 Å². The van der Waals surface area contributed by atoms with Gasteiger partial charge in [0, 0.05) is 7.11 Å². The van der Waals surface area contributed by atoms with Crippen molar-refractivity contribution < 1.29 is 27.8 Å². The summed E-state index contributed by atoms with van der Waals surface area (Å²) in [6, 6.07) is 3.41. The van der Waals surface area contributed by atoms with Crippen LogP contribution in [0, 0.1) is 0 Å². The molecule has 0 heterocycles. The van der Waals surface area contributed by atoms with Crippen molar-refractivity contribution in [2.24, 2.45) is 5.14 Å². The summed E-state index contributed by atoms with van der Waals surface area (Å²) < 4.78 is 32.6. The molecular formula is C11H15NO6S. The molecule has 8 heteroatoms. The molecule has 3 N–H and O–H groups in total. The van der Waals surface area contributed by atoms with E-state index in [-0.39, 0.29) is 28.9 Å². The van der Waals surface area contributed by atoms with E-state index in [4.69, 9.17) is 19.7 Å². The van der Waals surface area contributed by atoms with E-state index in [0.717, 1.165) is 6.07 Å². The van der Waals surface area contributed by atoms with Gasteiger partial charge in [-0.2, -0.15) is 0 Å². The molecule has 0 saturated heterocycles. The van der Waals surface area contributed by atoms with Crippen molar-refractivity contribution >= 4 is 16.0 Å². The minimum absolute atomic E-state index is 0.0591. The van der Waals surface area contributed by atoms with Gasteiger partial charge >= 0.3 is 5.97 Å². The lowest BCUT2D eigenvalue weighted by atomic mass is 10.2. The Morgan fingerprint density at radius 2 is 2.11 bits per heavy atom. The van der Waals surface area contributed by atoms with Crippen LogP contribution in [-0.2, 0) is 14.8 Å². The number of nitrogens with two attached hydrogens (primary N) is 1. The molecule has 0 aromatic heterocycles. The van der Waals surface area contributed by atoms with Gasteiger partial charge in [0.2, 0.25) is 10.0 Å². The van der Waals surface area contributed by atoms with Crippen LogP contribution in [0.4, 0.5) is 0 Å². The number of hydrogen-bond donors (Lipinski definition) is 2. The standard InChI is InChI=1S/C11H15NO6S/c1-7(17-2)6-18-10-4-3-8(19(12,15)16)5-9(10)11(13)14/h3-5,7H,6H2,1-2H3,(H,13,14)(H2,12,15,16). The maximum atomic E-state index is 11.2. The van der Waals surface area contributed by atoms with E-state index < -0.39 is 16.0 Å². The van der Waals surface area contributed by atoms with Crippen LogP contribution in [-0.4, -0.2) is 39.3 Å². The van der Waals surface area contributed by atoms with Gasteiger partial charge < -0.3 is 14.6 Å². The van der Waals surface area contributed by atoms with Crippen molar-refractivity contribution in [2.75, 3.05) is 13.7 Å². The summed E-state index contributed by atoms with van der Waals surface area (Å²) in [5, 5.41) is 14.0. The second-order valence-corrected chi connectivity index (χ2v) is 5.43. The van der Waals surface area contributed by atoms with Crippen molar-refractivity contribution in [1.82, 2.24) is 0 Å². The quantitative estimate of drug-likeness (QED) is 0.785. The fraction of sp³-hybridized carbons (Fsp3) is 0.364. The van der Waals surface area contributed by atoms with Crippen molar-refractivity contribution in [3.63, 3.8) is 0 Å². The fourth-order valence-electron chi connectivity index (χ4n) is 1.25. The molecule has 0 spiro atoms. The number of hydrogen-bond acceptors (Lipinski definition) is 5. The van der Waals surface area contributed by atoms with Crippen molar-refractivity contribution in [3.05, 3.63) is 23.8 Å². The summed E-state index contributed by atoms with van der Waals surface area (Å²) >= 11 is 0. The Morgan fingerprint density at radius 1 is 1.47 bits per heavy atom. The lowest BCUT2D eigenvalue weighted by Gasteiger charge is -2.13. The van der Waals surface area contributed by atoms with Crippen molar-refractivity contribution in [3.8, 4) is 5.75 Å². The van der Waals surface area contributed by atoms with Crippen LogP contribution in [0.5, 0.6) is 5.75 Å². The first kappa shape index (κ1) is 15.4. The van der Waals surface area contributed by atoms with Gasteiger partial charge in [-0.3, -0.25) is 0 Å². The Morgan fingerprint density at radius 3 is 2.58 bits per heavy atom. The third-order valence-corrected chi connectivity index (χ3v) is 3.30. The van der Waals surface area contributed by atoms with E-state index in [1.165, 1.54) is 19.2 Å². The fourth-order valence-corrected chi connectivity index (χ4v) is 1.79. The summed E-state index contributed by atoms with van der Waals surface area (Å²) in [5.74, 6) is -1.24. The normalized spacial score (nSPS) is 13.0. The number of ether oxygens (including phenoxy) is 2. The number of carboxylic acid groups (broad SMARTS) is 1. The number of carboxylic acids is 1. The molecule has 1 unspecified atom stereocenters. The molecule has 1 rings (SSSR count). The van der Waals surface area contributed by atoms with Gasteiger partial charge in [0.15, 0.2) is 0 Å². The SMILES string of the molecule is COC(C)COc1ccc(S(N)(=O)=O)cc1C(=O)O. The number of primary sulfonamides is 1. The van der Waals surface area contributed by atoms with Gasteiger partial charge in [-0.25, -0.2) is 18.4 Å². The molecule has 0 saturated carbocycles. The largest absolute Gasteiger partial charge is 0.490 e. The number of carbonyl (C=O) groups is 1. The molecule has 1 atom stereocenters. The molecule has 0 aliphatic heterocycles. The number of benzene rings is 1. The lowest BCUT2D eigenvalue weighted by Crippen LogP contribution is -2.18. The molecule has 0 fully saturated rings. The van der Waals surface area contributed by atoms with E-state index in [9.17, 15) is 13.2 Å². The van der Waals surface area contributed by atoms with Crippen LogP contribution < -0.4 is 9.88 Å². The second-order valence-electron chi connectivity index (χ2n) is 3.87. The number of aromatic carboxylic acids is 1. The summed E-state index contributed by atoms with van der Waals surface area (Å²) in [4.78, 5) is 10.8. The molecule has 1 aromatic rings. The molecule has 0 radical (unpaired) electrons. The second kappa shape index (κ2) is 6.00. The zero-order valence-electron chi connectivity index (χ0n) is 10.5. The van der Waals surface area contributed by atoms with Crippen molar-refractivity contribution in [2.45, 2.75) is 17.9 Å². The monoisotopic (exact) mass is 289 g/mol.